The Hall–Kier alpha value is -1.01. The largest absolute Gasteiger partial charge is 0.150 e. The maximum Gasteiger partial charge on any atom is -0.0533 e. The molecular formula is C33H40Cl2Zr-2. The number of hydrogen-bond donors (Lipinski definition) is 0. The normalized spacial score (nSPS) is 17.4. The van der Waals surface area contributed by atoms with Crippen molar-refractivity contribution in [2.45, 2.75) is 88.9 Å². The maximum absolute atomic E-state index is 5.13. The van der Waals surface area contributed by atoms with Crippen LogP contribution in [0.4, 0.5) is 0 Å². The molecule has 2 aliphatic carbocycles. The van der Waals surface area contributed by atoms with E-state index in [1.807, 2.05) is 0 Å². The van der Waals surface area contributed by atoms with Gasteiger partial charge in [-0.25, -0.2) is 0 Å². The van der Waals surface area contributed by atoms with Gasteiger partial charge in [0.2, 0.25) is 0 Å². The van der Waals surface area contributed by atoms with Gasteiger partial charge in [-0.1, -0.05) is 101 Å². The second kappa shape index (κ2) is 14.8. The molecule has 0 spiro atoms. The van der Waals surface area contributed by atoms with Crippen LogP contribution in [0.1, 0.15) is 100 Å². The van der Waals surface area contributed by atoms with Gasteiger partial charge in [0.05, 0.1) is 0 Å². The minimum absolute atomic E-state index is 0.822. The molecule has 0 amide bonds. The molecule has 36 heavy (non-hydrogen) atoms. The van der Waals surface area contributed by atoms with E-state index in [1.165, 1.54) is 98.6 Å². The summed E-state index contributed by atoms with van der Waals surface area (Å²) >= 11 is -1.85. The molecule has 4 aromatic rings. The molecule has 0 aromatic heterocycles. The quantitative estimate of drug-likeness (QED) is 0.159. The predicted octanol–water partition coefficient (Wildman–Crippen LogP) is 11.3. The number of fused-ring (bicyclic) bond motifs is 2. The topological polar surface area (TPSA) is 0 Å². The van der Waals surface area contributed by atoms with Crippen LogP contribution >= 0.6 is 17.0 Å². The van der Waals surface area contributed by atoms with Gasteiger partial charge in [-0.2, -0.15) is 11.1 Å². The summed E-state index contributed by atoms with van der Waals surface area (Å²) in [6.07, 6.45) is 17.0. The average Bonchev–Trinajstić information content (AvgIpc) is 3.27. The summed E-state index contributed by atoms with van der Waals surface area (Å²) in [5.41, 5.74) is 3.22. The van der Waals surface area contributed by atoms with Gasteiger partial charge >= 0.3 is 40.1 Å². The molecule has 0 atom stereocenters. The minimum Gasteiger partial charge on any atom is -0.150 e. The van der Waals surface area contributed by atoms with Gasteiger partial charge in [-0.3, -0.25) is 0 Å². The summed E-state index contributed by atoms with van der Waals surface area (Å²) in [5.74, 6) is 1.64. The summed E-state index contributed by atoms with van der Waals surface area (Å²) in [4.78, 5) is 0. The molecule has 0 radical (unpaired) electrons. The first-order valence-corrected chi connectivity index (χ1v) is 22.0. The first-order valence-electron chi connectivity index (χ1n) is 13.9. The molecule has 0 bridgehead atoms. The zero-order valence-electron chi connectivity index (χ0n) is 21.5. The molecule has 0 aliphatic heterocycles. The van der Waals surface area contributed by atoms with Crippen molar-refractivity contribution in [2.24, 2.45) is 0 Å². The van der Waals surface area contributed by atoms with Crippen LogP contribution in [0.15, 0.2) is 72.8 Å². The first-order chi connectivity index (χ1) is 17.6. The van der Waals surface area contributed by atoms with Crippen molar-refractivity contribution >= 4 is 42.8 Å². The van der Waals surface area contributed by atoms with E-state index in [9.17, 15) is 0 Å². The van der Waals surface area contributed by atoms with Crippen LogP contribution in [0.25, 0.3) is 21.5 Å². The second-order valence-corrected chi connectivity index (χ2v) is 18.7. The van der Waals surface area contributed by atoms with Crippen LogP contribution in [-0.4, -0.2) is 4.21 Å². The molecule has 0 heterocycles. The SMILES string of the molecule is [CH2]=[Zr]([Cl])[Cl].c1ccc2c(C3CCCCCC3)c[cH-]c2c1.c1ccc2c(C3CCCCCC3)c[cH-]c2c1. The fourth-order valence-electron chi connectivity index (χ4n) is 6.24. The van der Waals surface area contributed by atoms with Crippen LogP contribution in [0.2, 0.25) is 0 Å². The molecule has 0 saturated heterocycles. The van der Waals surface area contributed by atoms with Gasteiger partial charge in [-0.05, 0) is 0 Å². The molecule has 2 saturated carbocycles. The zero-order chi connectivity index (χ0) is 25.2. The van der Waals surface area contributed by atoms with E-state index in [1.54, 1.807) is 11.1 Å². The van der Waals surface area contributed by atoms with Crippen molar-refractivity contribution in [1.29, 1.82) is 0 Å². The van der Waals surface area contributed by atoms with Crippen molar-refractivity contribution in [1.82, 2.24) is 0 Å². The molecule has 2 aliphatic rings. The average molecular weight is 599 g/mol. The van der Waals surface area contributed by atoms with Gasteiger partial charge in [0.15, 0.2) is 0 Å². The summed E-state index contributed by atoms with van der Waals surface area (Å²) in [6.45, 7) is 0. The Bertz CT molecular complexity index is 1110. The third-order valence-electron chi connectivity index (χ3n) is 8.02. The molecule has 0 nitrogen and oxygen atoms in total. The Morgan fingerprint density at radius 2 is 0.917 bits per heavy atom. The Morgan fingerprint density at radius 3 is 1.28 bits per heavy atom. The Balaban J connectivity index is 0.000000148. The van der Waals surface area contributed by atoms with Crippen molar-refractivity contribution in [3.05, 3.63) is 83.9 Å². The number of halogens is 2. The Labute approximate surface area is 233 Å². The molecule has 0 N–H and O–H groups in total. The molecule has 4 aromatic carbocycles. The van der Waals surface area contributed by atoms with E-state index in [0.29, 0.717) is 0 Å². The molecular weight excluding hydrogens is 558 g/mol. The first kappa shape index (κ1) is 28.0. The molecule has 192 valence electrons. The van der Waals surface area contributed by atoms with Crippen LogP contribution in [0, 0.1) is 0 Å². The molecule has 3 heteroatoms. The summed E-state index contributed by atoms with van der Waals surface area (Å²) < 4.78 is 3.37. The zero-order valence-corrected chi connectivity index (χ0v) is 25.5. The Morgan fingerprint density at radius 1 is 0.583 bits per heavy atom. The fourth-order valence-corrected chi connectivity index (χ4v) is 6.24. The number of benzene rings is 2. The smallest absolute Gasteiger partial charge is 0.0533 e. The Kier molecular flexibility index (Phi) is 11.5. The summed E-state index contributed by atoms with van der Waals surface area (Å²) in [5, 5.41) is 5.83. The fraction of sp³-hybridized carbons (Fsp3) is 0.424. The van der Waals surface area contributed by atoms with E-state index >= 15 is 0 Å². The van der Waals surface area contributed by atoms with Gasteiger partial charge in [-0.15, -0.1) is 82.2 Å². The van der Waals surface area contributed by atoms with Crippen molar-refractivity contribution in [3.8, 4) is 0 Å². The van der Waals surface area contributed by atoms with Crippen LogP contribution in [-0.2, 0) is 18.9 Å². The van der Waals surface area contributed by atoms with Crippen LogP contribution < -0.4 is 0 Å². The number of rotatable bonds is 2. The second-order valence-electron chi connectivity index (χ2n) is 10.5. The third-order valence-corrected chi connectivity index (χ3v) is 8.02. The summed E-state index contributed by atoms with van der Waals surface area (Å²) in [7, 11) is 10.3. The monoisotopic (exact) mass is 596 g/mol. The van der Waals surface area contributed by atoms with E-state index < -0.39 is 18.9 Å². The summed E-state index contributed by atoms with van der Waals surface area (Å²) in [6, 6.07) is 27.0. The van der Waals surface area contributed by atoms with Gasteiger partial charge in [0, 0.05) is 0 Å². The van der Waals surface area contributed by atoms with Crippen LogP contribution in [0.5, 0.6) is 0 Å². The number of hydrogen-bond acceptors (Lipinski definition) is 0. The standard InChI is InChI=1S/2C16H19.CH2.2ClH.Zr/c2*1-2-4-8-13(7-3-1)16-12-11-14-9-5-6-10-15(14)16;;;;/h2*5-6,9-13H,1-4,7-8H2;1H2;2*1H;/q2*-1;;;;+2/p-2. The third kappa shape index (κ3) is 7.99. The van der Waals surface area contributed by atoms with E-state index in [0.717, 1.165) is 11.8 Å². The van der Waals surface area contributed by atoms with Crippen LogP contribution in [0.3, 0.4) is 0 Å². The van der Waals surface area contributed by atoms with Crippen molar-refractivity contribution in [3.63, 3.8) is 0 Å². The molecule has 6 rings (SSSR count). The van der Waals surface area contributed by atoms with Crippen molar-refractivity contribution < 1.29 is 18.9 Å². The van der Waals surface area contributed by atoms with Gasteiger partial charge < -0.3 is 0 Å². The van der Waals surface area contributed by atoms with Gasteiger partial charge in [0.25, 0.3) is 0 Å². The molecule has 0 unspecified atom stereocenters. The van der Waals surface area contributed by atoms with E-state index in [4.69, 9.17) is 17.0 Å². The minimum atomic E-state index is -1.85. The van der Waals surface area contributed by atoms with Gasteiger partial charge in [0.1, 0.15) is 0 Å². The maximum atomic E-state index is 5.13. The molecule has 2 fully saturated rings. The predicted molar refractivity (Wildman–Crippen MR) is 159 cm³/mol. The van der Waals surface area contributed by atoms with E-state index in [-0.39, 0.29) is 0 Å². The van der Waals surface area contributed by atoms with E-state index in [2.05, 4.69) is 77.0 Å². The van der Waals surface area contributed by atoms with Crippen molar-refractivity contribution in [2.75, 3.05) is 0 Å².